The van der Waals surface area contributed by atoms with E-state index in [9.17, 15) is 4.39 Å². The zero-order valence-corrected chi connectivity index (χ0v) is 8.99. The molecule has 1 aromatic carbocycles. The van der Waals surface area contributed by atoms with Crippen LogP contribution in [0.25, 0.3) is 5.65 Å². The largest absolute Gasteiger partial charge is 0.432 e. The number of nitrogens with two attached hydrogens (primary N) is 1. The number of benzene rings is 1. The summed E-state index contributed by atoms with van der Waals surface area (Å²) in [6.07, 6.45) is 2.83. The molecule has 8 heteroatoms. The van der Waals surface area contributed by atoms with E-state index in [-0.39, 0.29) is 17.3 Å². The van der Waals surface area contributed by atoms with Crippen LogP contribution < -0.4 is 10.5 Å². The summed E-state index contributed by atoms with van der Waals surface area (Å²) in [6.45, 7) is 0. The van der Waals surface area contributed by atoms with Crippen molar-refractivity contribution in [3.63, 3.8) is 0 Å². The van der Waals surface area contributed by atoms with Gasteiger partial charge in [-0.1, -0.05) is 6.07 Å². The van der Waals surface area contributed by atoms with Gasteiger partial charge in [0.25, 0.3) is 0 Å². The summed E-state index contributed by atoms with van der Waals surface area (Å²) < 4.78 is 20.2. The third kappa shape index (κ3) is 1.59. The number of fused-ring (bicyclic) bond motifs is 1. The third-order valence-electron chi connectivity index (χ3n) is 2.28. The molecule has 0 aliphatic rings. The highest BCUT2D eigenvalue weighted by atomic mass is 19.1. The van der Waals surface area contributed by atoms with Crippen LogP contribution in [-0.2, 0) is 0 Å². The molecular weight excluding hydrogens is 239 g/mol. The highest BCUT2D eigenvalue weighted by molar-refractivity contribution is 5.54. The van der Waals surface area contributed by atoms with Crippen LogP contribution in [0.3, 0.4) is 0 Å². The molecule has 2 aromatic heterocycles. The fourth-order valence-corrected chi connectivity index (χ4v) is 1.46. The van der Waals surface area contributed by atoms with E-state index in [1.165, 1.54) is 35.1 Å². The first kappa shape index (κ1) is 10.4. The number of rotatable bonds is 2. The molecule has 0 unspecified atom stereocenters. The second-order valence-electron chi connectivity index (χ2n) is 3.45. The van der Waals surface area contributed by atoms with Crippen molar-refractivity contribution in [3.8, 4) is 11.6 Å². The molecule has 3 rings (SSSR count). The Morgan fingerprint density at radius 3 is 3.00 bits per heavy atom. The lowest BCUT2D eigenvalue weighted by Crippen LogP contribution is -2.00. The Hall–Kier alpha value is -2.77. The standard InChI is InChI=1S/C10H7FN6O/c11-6-2-1-3-7(12)10(6)18-9-5-13-4-8-14-15-16-17(8)9/h1-5H,12H2. The summed E-state index contributed by atoms with van der Waals surface area (Å²) in [5.74, 6) is -0.475. The zero-order valence-electron chi connectivity index (χ0n) is 8.99. The van der Waals surface area contributed by atoms with E-state index in [2.05, 4.69) is 20.5 Å². The normalized spacial score (nSPS) is 10.7. The zero-order chi connectivity index (χ0) is 12.5. The van der Waals surface area contributed by atoms with Gasteiger partial charge in [0.2, 0.25) is 11.5 Å². The van der Waals surface area contributed by atoms with Crippen LogP contribution in [0.4, 0.5) is 10.1 Å². The molecule has 0 saturated carbocycles. The maximum atomic E-state index is 13.6. The number of aromatic nitrogens is 5. The average Bonchev–Trinajstić information content (AvgIpc) is 2.83. The van der Waals surface area contributed by atoms with Gasteiger partial charge >= 0.3 is 0 Å². The van der Waals surface area contributed by atoms with E-state index in [1.807, 2.05) is 0 Å². The molecule has 2 N–H and O–H groups in total. The topological polar surface area (TPSA) is 91.2 Å². The van der Waals surface area contributed by atoms with E-state index in [4.69, 9.17) is 10.5 Å². The van der Waals surface area contributed by atoms with Crippen LogP contribution in [-0.4, -0.2) is 25.0 Å². The van der Waals surface area contributed by atoms with E-state index in [0.29, 0.717) is 5.65 Å². The van der Waals surface area contributed by atoms with E-state index < -0.39 is 5.82 Å². The average molecular weight is 246 g/mol. The minimum absolute atomic E-state index is 0.0812. The number of ether oxygens (including phenoxy) is 1. The summed E-state index contributed by atoms with van der Waals surface area (Å²) >= 11 is 0. The first-order chi connectivity index (χ1) is 8.75. The monoisotopic (exact) mass is 246 g/mol. The highest BCUT2D eigenvalue weighted by Crippen LogP contribution is 2.29. The number of tetrazole rings is 1. The summed E-state index contributed by atoms with van der Waals surface area (Å²) in [5, 5.41) is 10.9. The number of halogens is 1. The molecule has 3 aromatic rings. The Balaban J connectivity index is 2.09. The number of nitrogens with zero attached hydrogens (tertiary/aromatic N) is 5. The molecule has 18 heavy (non-hydrogen) atoms. The molecule has 0 atom stereocenters. The van der Waals surface area contributed by atoms with E-state index in [1.54, 1.807) is 0 Å². The minimum Gasteiger partial charge on any atom is -0.432 e. The van der Waals surface area contributed by atoms with Crippen molar-refractivity contribution >= 4 is 11.3 Å². The SMILES string of the molecule is Nc1cccc(F)c1Oc1cncc2nnnn12. The first-order valence-corrected chi connectivity index (χ1v) is 4.99. The molecule has 0 spiro atoms. The lowest BCUT2D eigenvalue weighted by molar-refractivity contribution is 0.414. The molecular formula is C10H7FN6O. The van der Waals surface area contributed by atoms with Crippen molar-refractivity contribution in [2.24, 2.45) is 0 Å². The second-order valence-corrected chi connectivity index (χ2v) is 3.45. The van der Waals surface area contributed by atoms with Gasteiger partial charge in [-0.05, 0) is 22.6 Å². The summed E-state index contributed by atoms with van der Waals surface area (Å²) in [5.41, 5.74) is 6.21. The molecule has 90 valence electrons. The molecule has 0 amide bonds. The van der Waals surface area contributed by atoms with Gasteiger partial charge in [-0.15, -0.1) is 5.10 Å². The molecule has 0 aliphatic carbocycles. The van der Waals surface area contributed by atoms with Crippen molar-refractivity contribution in [3.05, 3.63) is 36.4 Å². The number of nitrogen functional groups attached to an aromatic ring is 1. The maximum Gasteiger partial charge on any atom is 0.242 e. The van der Waals surface area contributed by atoms with Crippen LogP contribution in [0.5, 0.6) is 11.6 Å². The third-order valence-corrected chi connectivity index (χ3v) is 2.28. The number of hydrogen-bond acceptors (Lipinski definition) is 6. The van der Waals surface area contributed by atoms with Gasteiger partial charge in [0.1, 0.15) is 0 Å². The quantitative estimate of drug-likeness (QED) is 0.679. The van der Waals surface area contributed by atoms with Crippen LogP contribution >= 0.6 is 0 Å². The number of para-hydroxylation sites is 1. The van der Waals surface area contributed by atoms with Gasteiger partial charge in [0, 0.05) is 0 Å². The second kappa shape index (κ2) is 3.91. The van der Waals surface area contributed by atoms with Crippen molar-refractivity contribution < 1.29 is 9.13 Å². The van der Waals surface area contributed by atoms with Crippen LogP contribution in [0.1, 0.15) is 0 Å². The van der Waals surface area contributed by atoms with Gasteiger partial charge in [-0.3, -0.25) is 4.98 Å². The van der Waals surface area contributed by atoms with Crippen molar-refractivity contribution in [2.75, 3.05) is 5.73 Å². The summed E-state index contributed by atoms with van der Waals surface area (Å²) in [4.78, 5) is 3.89. The predicted octanol–water partition coefficient (Wildman–Crippen LogP) is 1.03. The van der Waals surface area contributed by atoms with Gasteiger partial charge in [-0.2, -0.15) is 4.52 Å². The molecule has 0 bridgehead atoms. The van der Waals surface area contributed by atoms with Crippen molar-refractivity contribution in [2.45, 2.75) is 0 Å². The van der Waals surface area contributed by atoms with E-state index >= 15 is 0 Å². The summed E-state index contributed by atoms with van der Waals surface area (Å²) in [6, 6.07) is 4.28. The highest BCUT2D eigenvalue weighted by Gasteiger charge is 2.12. The molecule has 0 saturated heterocycles. The molecule has 0 radical (unpaired) electrons. The Bertz CT molecular complexity index is 692. The summed E-state index contributed by atoms with van der Waals surface area (Å²) in [7, 11) is 0. The predicted molar refractivity (Wildman–Crippen MR) is 59.5 cm³/mol. The number of anilines is 1. The van der Waals surface area contributed by atoms with Gasteiger partial charge in [0.15, 0.2) is 11.6 Å². The molecule has 2 heterocycles. The lowest BCUT2D eigenvalue weighted by Gasteiger charge is -2.08. The Morgan fingerprint density at radius 2 is 2.17 bits per heavy atom. The van der Waals surface area contributed by atoms with Gasteiger partial charge in [0.05, 0.1) is 18.1 Å². The Morgan fingerprint density at radius 1 is 1.28 bits per heavy atom. The van der Waals surface area contributed by atoms with Crippen molar-refractivity contribution in [1.29, 1.82) is 0 Å². The van der Waals surface area contributed by atoms with E-state index in [0.717, 1.165) is 0 Å². The first-order valence-electron chi connectivity index (χ1n) is 4.99. The smallest absolute Gasteiger partial charge is 0.242 e. The lowest BCUT2D eigenvalue weighted by atomic mass is 10.3. The van der Waals surface area contributed by atoms with Crippen LogP contribution in [0, 0.1) is 5.82 Å². The maximum absolute atomic E-state index is 13.6. The Kier molecular flexibility index (Phi) is 2.26. The van der Waals surface area contributed by atoms with Gasteiger partial charge < -0.3 is 10.5 Å². The number of hydrogen-bond donors (Lipinski definition) is 1. The fourth-order valence-electron chi connectivity index (χ4n) is 1.46. The molecule has 0 fully saturated rings. The molecule has 0 aliphatic heterocycles. The molecule has 7 nitrogen and oxygen atoms in total. The Labute approximate surface area is 100 Å². The fraction of sp³-hybridized carbons (Fsp3) is 0. The minimum atomic E-state index is -0.569. The van der Waals surface area contributed by atoms with Crippen LogP contribution in [0.2, 0.25) is 0 Å². The van der Waals surface area contributed by atoms with Gasteiger partial charge in [-0.25, -0.2) is 4.39 Å². The van der Waals surface area contributed by atoms with Crippen molar-refractivity contribution in [1.82, 2.24) is 25.0 Å². The van der Waals surface area contributed by atoms with Crippen LogP contribution in [0.15, 0.2) is 30.6 Å².